The molecule has 1 aromatic carbocycles. The number of aromatic nitrogens is 2. The lowest BCUT2D eigenvalue weighted by Gasteiger charge is -2.30. The van der Waals surface area contributed by atoms with Crippen molar-refractivity contribution in [2.75, 3.05) is 32.9 Å². The summed E-state index contributed by atoms with van der Waals surface area (Å²) in [5.41, 5.74) is 0.0667. The molecule has 1 amide bonds. The molecule has 25 heavy (non-hydrogen) atoms. The Hall–Kier alpha value is -2.38. The highest BCUT2D eigenvalue weighted by Crippen LogP contribution is 2.20. The standard InChI is InChI=1S/C18H23N3O4/c1-14-5-3-4-6-16(14)25-12-18(23)10-21(7-8-24-11-18)17(22)15-9-20(2)13-19-15/h3-6,9,13,23H,7-8,10-12H2,1-2H3/t18-/m1/s1. The number of aryl methyl sites for hydroxylation is 2. The lowest BCUT2D eigenvalue weighted by Crippen LogP contribution is -2.50. The third-order valence-corrected chi connectivity index (χ3v) is 4.16. The van der Waals surface area contributed by atoms with Crippen molar-refractivity contribution < 1.29 is 19.4 Å². The molecule has 0 bridgehead atoms. The zero-order valence-corrected chi connectivity index (χ0v) is 14.5. The molecule has 1 aliphatic rings. The number of carbonyl (C=O) groups is 1. The van der Waals surface area contributed by atoms with Crippen molar-refractivity contribution in [1.82, 2.24) is 14.5 Å². The number of imidazole rings is 1. The molecule has 0 radical (unpaired) electrons. The highest BCUT2D eigenvalue weighted by Gasteiger charge is 2.36. The Labute approximate surface area is 146 Å². The van der Waals surface area contributed by atoms with Gasteiger partial charge in [-0.1, -0.05) is 18.2 Å². The molecule has 1 N–H and O–H groups in total. The second kappa shape index (κ2) is 7.25. The molecule has 7 nitrogen and oxygen atoms in total. The van der Waals surface area contributed by atoms with Gasteiger partial charge in [-0.05, 0) is 18.6 Å². The quantitative estimate of drug-likeness (QED) is 0.895. The number of para-hydroxylation sites is 1. The van der Waals surface area contributed by atoms with Crippen molar-refractivity contribution >= 4 is 5.91 Å². The number of benzene rings is 1. The molecule has 1 saturated heterocycles. The molecule has 3 rings (SSSR count). The van der Waals surface area contributed by atoms with Crippen LogP contribution in [0.25, 0.3) is 0 Å². The first-order valence-electron chi connectivity index (χ1n) is 8.23. The number of hydrogen-bond acceptors (Lipinski definition) is 5. The van der Waals surface area contributed by atoms with Crippen LogP contribution in [0.4, 0.5) is 0 Å². The van der Waals surface area contributed by atoms with Crippen LogP contribution in [0.2, 0.25) is 0 Å². The number of amides is 1. The summed E-state index contributed by atoms with van der Waals surface area (Å²) in [5, 5.41) is 10.9. The maximum absolute atomic E-state index is 12.6. The van der Waals surface area contributed by atoms with E-state index < -0.39 is 5.60 Å². The summed E-state index contributed by atoms with van der Waals surface area (Å²) in [4.78, 5) is 18.3. The molecule has 0 saturated carbocycles. The second-order valence-electron chi connectivity index (χ2n) is 6.48. The van der Waals surface area contributed by atoms with Crippen molar-refractivity contribution in [3.8, 4) is 5.75 Å². The summed E-state index contributed by atoms with van der Waals surface area (Å²) >= 11 is 0. The molecule has 1 fully saturated rings. The SMILES string of the molecule is Cc1ccccc1OC[C@]1(O)COCCN(C(=O)c2cn(C)cn2)C1. The molecule has 0 unspecified atom stereocenters. The van der Waals surface area contributed by atoms with Crippen LogP contribution in [0.15, 0.2) is 36.8 Å². The first-order valence-corrected chi connectivity index (χ1v) is 8.23. The molecule has 1 aliphatic heterocycles. The van der Waals surface area contributed by atoms with Crippen LogP contribution >= 0.6 is 0 Å². The average molecular weight is 345 g/mol. The minimum Gasteiger partial charge on any atom is -0.490 e. The highest BCUT2D eigenvalue weighted by atomic mass is 16.5. The molecule has 134 valence electrons. The van der Waals surface area contributed by atoms with E-state index >= 15 is 0 Å². The van der Waals surface area contributed by atoms with Crippen molar-refractivity contribution in [1.29, 1.82) is 0 Å². The van der Waals surface area contributed by atoms with Crippen LogP contribution < -0.4 is 4.74 Å². The van der Waals surface area contributed by atoms with E-state index in [2.05, 4.69) is 4.98 Å². The minimum absolute atomic E-state index is 0.0455. The van der Waals surface area contributed by atoms with Gasteiger partial charge in [0.1, 0.15) is 23.7 Å². The number of β-amino-alcohol motifs (C(OH)–C–C–N with tert-alkyl or cyclic N) is 1. The fourth-order valence-electron chi connectivity index (χ4n) is 2.79. The van der Waals surface area contributed by atoms with Gasteiger partial charge in [-0.15, -0.1) is 0 Å². The molecule has 1 atom stereocenters. The Kier molecular flexibility index (Phi) is 5.06. The van der Waals surface area contributed by atoms with Crippen molar-refractivity contribution in [2.45, 2.75) is 12.5 Å². The Balaban J connectivity index is 1.70. The van der Waals surface area contributed by atoms with Gasteiger partial charge in [0.2, 0.25) is 0 Å². The molecule has 2 aromatic rings. The van der Waals surface area contributed by atoms with Gasteiger partial charge < -0.3 is 24.0 Å². The van der Waals surface area contributed by atoms with Gasteiger partial charge >= 0.3 is 0 Å². The van der Waals surface area contributed by atoms with Crippen LogP contribution in [0.3, 0.4) is 0 Å². The normalized spacial score (nSPS) is 21.0. The van der Waals surface area contributed by atoms with Crippen LogP contribution in [-0.4, -0.2) is 64.0 Å². The van der Waals surface area contributed by atoms with Gasteiger partial charge in [0.15, 0.2) is 0 Å². The van der Waals surface area contributed by atoms with Gasteiger partial charge in [-0.3, -0.25) is 4.79 Å². The highest BCUT2D eigenvalue weighted by molar-refractivity contribution is 5.92. The van der Waals surface area contributed by atoms with Gasteiger partial charge in [0, 0.05) is 19.8 Å². The molecule has 1 aromatic heterocycles. The van der Waals surface area contributed by atoms with Gasteiger partial charge in [0.05, 0.1) is 26.1 Å². The molecule has 7 heteroatoms. The number of hydrogen-bond donors (Lipinski definition) is 1. The van der Waals surface area contributed by atoms with E-state index in [1.165, 1.54) is 0 Å². The van der Waals surface area contributed by atoms with Crippen LogP contribution in [-0.2, 0) is 11.8 Å². The smallest absolute Gasteiger partial charge is 0.274 e. The van der Waals surface area contributed by atoms with Crippen molar-refractivity contribution in [2.24, 2.45) is 7.05 Å². The van der Waals surface area contributed by atoms with Crippen LogP contribution in [0, 0.1) is 6.92 Å². The molecule has 0 aliphatic carbocycles. The molecule has 0 spiro atoms. The zero-order chi connectivity index (χ0) is 17.9. The monoisotopic (exact) mass is 345 g/mol. The fraction of sp³-hybridized carbons (Fsp3) is 0.444. The summed E-state index contributed by atoms with van der Waals surface area (Å²) < 4.78 is 13.0. The number of carbonyl (C=O) groups excluding carboxylic acids is 1. The van der Waals surface area contributed by atoms with E-state index in [0.29, 0.717) is 24.6 Å². The van der Waals surface area contributed by atoms with E-state index in [1.807, 2.05) is 38.2 Å². The Morgan fingerprint density at radius 1 is 1.44 bits per heavy atom. The summed E-state index contributed by atoms with van der Waals surface area (Å²) in [7, 11) is 1.81. The Bertz CT molecular complexity index is 745. The molecular weight excluding hydrogens is 322 g/mol. The van der Waals surface area contributed by atoms with Crippen LogP contribution in [0.1, 0.15) is 16.1 Å². The average Bonchev–Trinajstić information content (AvgIpc) is 2.93. The maximum atomic E-state index is 12.6. The lowest BCUT2D eigenvalue weighted by molar-refractivity contribution is -0.0622. The maximum Gasteiger partial charge on any atom is 0.274 e. The van der Waals surface area contributed by atoms with Gasteiger partial charge in [0.25, 0.3) is 5.91 Å². The number of aliphatic hydroxyl groups is 1. The number of nitrogens with zero attached hydrogens (tertiary/aromatic N) is 3. The first-order chi connectivity index (χ1) is 12.0. The summed E-state index contributed by atoms with van der Waals surface area (Å²) in [6.45, 7) is 3.01. The molecule has 2 heterocycles. The van der Waals surface area contributed by atoms with Crippen molar-refractivity contribution in [3.05, 3.63) is 48.0 Å². The molecular formula is C18H23N3O4. The van der Waals surface area contributed by atoms with Gasteiger partial charge in [-0.25, -0.2) is 4.98 Å². The Morgan fingerprint density at radius 2 is 2.24 bits per heavy atom. The third kappa shape index (κ3) is 4.18. The topological polar surface area (TPSA) is 76.8 Å². The van der Waals surface area contributed by atoms with Crippen LogP contribution in [0.5, 0.6) is 5.75 Å². The number of ether oxygens (including phenoxy) is 2. The van der Waals surface area contributed by atoms with E-state index in [9.17, 15) is 9.90 Å². The Morgan fingerprint density at radius 3 is 2.96 bits per heavy atom. The fourth-order valence-corrected chi connectivity index (χ4v) is 2.79. The third-order valence-electron chi connectivity index (χ3n) is 4.16. The lowest BCUT2D eigenvalue weighted by atomic mass is 10.1. The zero-order valence-electron chi connectivity index (χ0n) is 14.5. The second-order valence-corrected chi connectivity index (χ2v) is 6.48. The number of rotatable bonds is 4. The van der Waals surface area contributed by atoms with E-state index in [1.54, 1.807) is 22.0 Å². The predicted molar refractivity (Wildman–Crippen MR) is 91.6 cm³/mol. The largest absolute Gasteiger partial charge is 0.490 e. The van der Waals surface area contributed by atoms with Crippen molar-refractivity contribution in [3.63, 3.8) is 0 Å². The van der Waals surface area contributed by atoms with E-state index in [0.717, 1.165) is 5.56 Å². The summed E-state index contributed by atoms with van der Waals surface area (Å²) in [6, 6.07) is 7.61. The summed E-state index contributed by atoms with van der Waals surface area (Å²) in [6.07, 6.45) is 3.24. The predicted octanol–water partition coefficient (Wildman–Crippen LogP) is 1.01. The van der Waals surface area contributed by atoms with E-state index in [-0.39, 0.29) is 25.7 Å². The van der Waals surface area contributed by atoms with Gasteiger partial charge in [-0.2, -0.15) is 0 Å². The minimum atomic E-state index is -1.27. The summed E-state index contributed by atoms with van der Waals surface area (Å²) in [5.74, 6) is 0.489. The van der Waals surface area contributed by atoms with E-state index in [4.69, 9.17) is 9.47 Å². The first kappa shape index (κ1) is 17.4.